The van der Waals surface area contributed by atoms with E-state index < -0.39 is 0 Å². The number of pyridine rings is 1. The lowest BCUT2D eigenvalue weighted by molar-refractivity contribution is 1.28. The van der Waals surface area contributed by atoms with Crippen LogP contribution in [0.4, 0.5) is 11.5 Å². The van der Waals surface area contributed by atoms with Crippen molar-refractivity contribution in [2.24, 2.45) is 5.73 Å². The molecule has 0 saturated heterocycles. The number of nitrogens with zero attached hydrogens (tertiary/aromatic N) is 1. The van der Waals surface area contributed by atoms with Crippen molar-refractivity contribution in [3.8, 4) is 0 Å². The molecule has 0 amide bonds. The van der Waals surface area contributed by atoms with Gasteiger partial charge in [-0.1, -0.05) is 18.3 Å². The first-order valence-corrected chi connectivity index (χ1v) is 7.02. The summed E-state index contributed by atoms with van der Waals surface area (Å²) < 4.78 is 1.27. The molecule has 3 aromatic rings. The number of thiophene rings is 1. The maximum atomic E-state index is 5.58. The lowest BCUT2D eigenvalue weighted by atomic mass is 10.2. The van der Waals surface area contributed by atoms with E-state index in [2.05, 4.69) is 33.9 Å². The summed E-state index contributed by atoms with van der Waals surface area (Å²) >= 11 is 6.66. The van der Waals surface area contributed by atoms with Crippen molar-refractivity contribution in [3.63, 3.8) is 0 Å². The summed E-state index contributed by atoms with van der Waals surface area (Å²) in [5.74, 6) is 0.736. The Bertz CT molecular complexity index is 749. The number of nitrogens with two attached hydrogens (primary N) is 1. The molecule has 3 rings (SSSR count). The van der Waals surface area contributed by atoms with Crippen molar-refractivity contribution in [1.29, 1.82) is 0 Å². The zero-order valence-corrected chi connectivity index (χ0v) is 11.6. The molecule has 3 nitrogen and oxygen atoms in total. The van der Waals surface area contributed by atoms with E-state index in [0.29, 0.717) is 10.7 Å². The van der Waals surface area contributed by atoms with Gasteiger partial charge in [0.2, 0.25) is 0 Å². The average molecular weight is 285 g/mol. The van der Waals surface area contributed by atoms with Gasteiger partial charge in [0.25, 0.3) is 0 Å². The molecule has 19 heavy (non-hydrogen) atoms. The predicted molar refractivity (Wildman–Crippen MR) is 85.2 cm³/mol. The van der Waals surface area contributed by atoms with Gasteiger partial charge in [-0.05, 0) is 47.2 Å². The molecule has 2 aromatic heterocycles. The van der Waals surface area contributed by atoms with Crippen molar-refractivity contribution in [2.45, 2.75) is 0 Å². The van der Waals surface area contributed by atoms with Gasteiger partial charge in [0.15, 0.2) is 0 Å². The molecule has 0 atom stereocenters. The molecule has 0 aliphatic rings. The lowest BCUT2D eigenvalue weighted by Crippen LogP contribution is -2.12. The summed E-state index contributed by atoms with van der Waals surface area (Å²) in [7, 11) is 0. The molecular formula is C14H11N3S2. The van der Waals surface area contributed by atoms with Crippen LogP contribution in [0.3, 0.4) is 0 Å². The van der Waals surface area contributed by atoms with E-state index >= 15 is 0 Å². The fourth-order valence-electron chi connectivity index (χ4n) is 1.83. The van der Waals surface area contributed by atoms with Crippen LogP contribution in [0.15, 0.2) is 47.8 Å². The van der Waals surface area contributed by atoms with Crippen molar-refractivity contribution < 1.29 is 0 Å². The fourth-order valence-corrected chi connectivity index (χ4v) is 2.72. The van der Waals surface area contributed by atoms with Crippen LogP contribution in [0, 0.1) is 0 Å². The number of benzene rings is 1. The quantitative estimate of drug-likeness (QED) is 0.721. The molecule has 0 bridgehead atoms. The monoisotopic (exact) mass is 285 g/mol. The Hall–Kier alpha value is -1.98. The van der Waals surface area contributed by atoms with Crippen molar-refractivity contribution >= 4 is 50.1 Å². The molecular weight excluding hydrogens is 274 g/mol. The normalized spacial score (nSPS) is 10.5. The van der Waals surface area contributed by atoms with Gasteiger partial charge in [-0.2, -0.15) is 0 Å². The topological polar surface area (TPSA) is 50.9 Å². The minimum Gasteiger partial charge on any atom is -0.388 e. The number of anilines is 2. The standard InChI is InChI=1S/C14H11N3S2/c15-14(18)11-2-1-3-13(17-11)16-10-4-5-12-9(8-10)6-7-19-12/h1-8H,(H2,15,18)(H,16,17). The first kappa shape index (κ1) is 12.1. The van der Waals surface area contributed by atoms with Crippen LogP contribution < -0.4 is 11.1 Å². The highest BCUT2D eigenvalue weighted by molar-refractivity contribution is 7.80. The van der Waals surface area contributed by atoms with E-state index in [1.807, 2.05) is 18.2 Å². The number of aromatic nitrogens is 1. The second-order valence-corrected chi connectivity index (χ2v) is 5.46. The van der Waals surface area contributed by atoms with Gasteiger partial charge >= 0.3 is 0 Å². The predicted octanol–water partition coefficient (Wildman–Crippen LogP) is 3.67. The minimum absolute atomic E-state index is 0.303. The Morgan fingerprint density at radius 1 is 1.21 bits per heavy atom. The molecule has 3 N–H and O–H groups in total. The van der Waals surface area contributed by atoms with Gasteiger partial charge in [0.05, 0.1) is 5.69 Å². The molecule has 94 valence electrons. The van der Waals surface area contributed by atoms with Gasteiger partial charge in [-0.25, -0.2) is 4.98 Å². The fraction of sp³-hybridized carbons (Fsp3) is 0. The molecule has 1 aromatic carbocycles. The van der Waals surface area contributed by atoms with E-state index in [9.17, 15) is 0 Å². The molecule has 0 fully saturated rings. The molecule has 0 aliphatic carbocycles. The van der Waals surface area contributed by atoms with Crippen molar-refractivity contribution in [3.05, 3.63) is 53.5 Å². The molecule has 5 heteroatoms. The third kappa shape index (κ3) is 2.57. The van der Waals surface area contributed by atoms with Crippen LogP contribution in [-0.2, 0) is 0 Å². The maximum absolute atomic E-state index is 5.58. The maximum Gasteiger partial charge on any atom is 0.131 e. The second-order valence-electron chi connectivity index (χ2n) is 4.07. The lowest BCUT2D eigenvalue weighted by Gasteiger charge is -2.07. The van der Waals surface area contributed by atoms with Crippen molar-refractivity contribution in [2.75, 3.05) is 5.32 Å². The average Bonchev–Trinajstić information content (AvgIpc) is 2.86. The summed E-state index contributed by atoms with van der Waals surface area (Å²) in [5, 5.41) is 6.57. The molecule has 0 saturated carbocycles. The number of rotatable bonds is 3. The zero-order valence-electron chi connectivity index (χ0n) is 9.96. The Kier molecular flexibility index (Phi) is 3.15. The number of fused-ring (bicyclic) bond motifs is 1. The molecule has 0 aliphatic heterocycles. The molecule has 0 radical (unpaired) electrons. The summed E-state index contributed by atoms with van der Waals surface area (Å²) in [6, 6.07) is 13.9. The third-order valence-corrected chi connectivity index (χ3v) is 3.83. The summed E-state index contributed by atoms with van der Waals surface area (Å²) in [6.45, 7) is 0. The smallest absolute Gasteiger partial charge is 0.131 e. The Balaban J connectivity index is 1.91. The highest BCUT2D eigenvalue weighted by Crippen LogP contribution is 2.25. The van der Waals surface area contributed by atoms with Crippen LogP contribution in [0.1, 0.15) is 5.69 Å². The van der Waals surface area contributed by atoms with Crippen LogP contribution in [0.2, 0.25) is 0 Å². The minimum atomic E-state index is 0.303. The van der Waals surface area contributed by atoms with Gasteiger partial charge in [-0.3, -0.25) is 0 Å². The van der Waals surface area contributed by atoms with E-state index in [0.717, 1.165) is 11.5 Å². The van der Waals surface area contributed by atoms with E-state index in [1.54, 1.807) is 17.4 Å². The van der Waals surface area contributed by atoms with Gasteiger partial charge < -0.3 is 11.1 Å². The number of hydrogen-bond donors (Lipinski definition) is 2. The summed E-state index contributed by atoms with van der Waals surface area (Å²) in [5.41, 5.74) is 7.20. The SMILES string of the molecule is NC(=S)c1cccc(Nc2ccc3sccc3c2)n1. The van der Waals surface area contributed by atoms with Crippen LogP contribution in [0.5, 0.6) is 0 Å². The number of hydrogen-bond acceptors (Lipinski definition) is 4. The Morgan fingerprint density at radius 3 is 2.95 bits per heavy atom. The van der Waals surface area contributed by atoms with Crippen LogP contribution in [0.25, 0.3) is 10.1 Å². The van der Waals surface area contributed by atoms with Crippen LogP contribution >= 0.6 is 23.6 Å². The van der Waals surface area contributed by atoms with E-state index in [1.165, 1.54) is 10.1 Å². The highest BCUT2D eigenvalue weighted by Gasteiger charge is 2.02. The van der Waals surface area contributed by atoms with Gasteiger partial charge in [0.1, 0.15) is 10.8 Å². The van der Waals surface area contributed by atoms with E-state index in [4.69, 9.17) is 18.0 Å². The summed E-state index contributed by atoms with van der Waals surface area (Å²) in [4.78, 5) is 4.66. The summed E-state index contributed by atoms with van der Waals surface area (Å²) in [6.07, 6.45) is 0. The van der Waals surface area contributed by atoms with Crippen molar-refractivity contribution in [1.82, 2.24) is 4.98 Å². The Morgan fingerprint density at radius 2 is 2.11 bits per heavy atom. The molecule has 2 heterocycles. The largest absolute Gasteiger partial charge is 0.388 e. The first-order valence-electron chi connectivity index (χ1n) is 5.73. The first-order chi connectivity index (χ1) is 9.22. The number of thiocarbonyl (C=S) groups is 1. The molecule has 0 unspecified atom stereocenters. The second kappa shape index (κ2) is 4.95. The zero-order chi connectivity index (χ0) is 13.2. The molecule has 0 spiro atoms. The van der Waals surface area contributed by atoms with Gasteiger partial charge in [0, 0.05) is 10.4 Å². The van der Waals surface area contributed by atoms with Crippen LogP contribution in [-0.4, -0.2) is 9.97 Å². The van der Waals surface area contributed by atoms with Gasteiger partial charge in [-0.15, -0.1) is 11.3 Å². The third-order valence-electron chi connectivity index (χ3n) is 2.73. The Labute approximate surface area is 120 Å². The highest BCUT2D eigenvalue weighted by atomic mass is 32.1. The number of nitrogens with one attached hydrogen (secondary N) is 1. The van der Waals surface area contributed by atoms with E-state index in [-0.39, 0.29) is 0 Å².